The number of nitrogens with zero attached hydrogens (tertiary/aromatic N) is 2. The van der Waals surface area contributed by atoms with E-state index in [1.54, 1.807) is 13.0 Å². The van der Waals surface area contributed by atoms with Crippen LogP contribution in [0.15, 0.2) is 42.1 Å². The van der Waals surface area contributed by atoms with Gasteiger partial charge in [0.25, 0.3) is 0 Å². The Morgan fingerprint density at radius 2 is 2.25 bits per heavy atom. The third kappa shape index (κ3) is 5.96. The van der Waals surface area contributed by atoms with E-state index in [2.05, 4.69) is 23.1 Å². The van der Waals surface area contributed by atoms with Crippen molar-refractivity contribution in [1.82, 2.24) is 5.32 Å². The monoisotopic (exact) mass is 327 g/mol. The smallest absolute Gasteiger partial charge is 0.226 e. The van der Waals surface area contributed by atoms with Gasteiger partial charge >= 0.3 is 0 Å². The Morgan fingerprint density at radius 3 is 2.83 bits per heavy atom. The molecule has 0 aliphatic heterocycles. The predicted octanol–water partition coefficient (Wildman–Crippen LogP) is 4.06. The first-order chi connectivity index (χ1) is 11.5. The van der Waals surface area contributed by atoms with Crippen LogP contribution in [0, 0.1) is 22.2 Å². The summed E-state index contributed by atoms with van der Waals surface area (Å²) in [6.45, 7) is 7.39. The quantitative estimate of drug-likeness (QED) is 0.519. The van der Waals surface area contributed by atoms with E-state index in [0.717, 1.165) is 17.5 Å². The Hall–Kier alpha value is -2.48. The molecule has 0 aliphatic carbocycles. The fourth-order valence-corrected chi connectivity index (χ4v) is 2.49. The molecule has 0 unspecified atom stereocenters. The van der Waals surface area contributed by atoms with Gasteiger partial charge in [0.15, 0.2) is 0 Å². The van der Waals surface area contributed by atoms with Gasteiger partial charge in [-0.05, 0) is 24.0 Å². The van der Waals surface area contributed by atoms with Crippen LogP contribution in [0.2, 0.25) is 0 Å². The Balaban J connectivity index is 2.87. The molecule has 1 aromatic carbocycles. The van der Waals surface area contributed by atoms with E-state index < -0.39 is 0 Å². The Bertz CT molecular complexity index is 607. The van der Waals surface area contributed by atoms with Crippen LogP contribution < -0.4 is 5.32 Å². The maximum absolute atomic E-state index is 12.0. The van der Waals surface area contributed by atoms with Crippen LogP contribution >= 0.6 is 0 Å². The number of amides is 1. The van der Waals surface area contributed by atoms with Crippen molar-refractivity contribution in [3.63, 3.8) is 0 Å². The van der Waals surface area contributed by atoms with Crippen LogP contribution in [0.25, 0.3) is 0 Å². The molecule has 5 nitrogen and oxygen atoms in total. The van der Waals surface area contributed by atoms with Gasteiger partial charge in [-0.25, -0.2) is 0 Å². The molecule has 0 aliphatic rings. The van der Waals surface area contributed by atoms with Crippen molar-refractivity contribution in [3.8, 4) is 6.07 Å². The zero-order chi connectivity index (χ0) is 17.9. The van der Waals surface area contributed by atoms with E-state index in [0.29, 0.717) is 12.8 Å². The van der Waals surface area contributed by atoms with Gasteiger partial charge in [0.1, 0.15) is 6.04 Å². The molecule has 3 atom stereocenters. The lowest BCUT2D eigenvalue weighted by Crippen LogP contribution is -2.38. The first kappa shape index (κ1) is 19.6. The molecule has 1 rings (SSSR count). The van der Waals surface area contributed by atoms with E-state index in [9.17, 15) is 9.70 Å². The highest BCUT2D eigenvalue weighted by Crippen LogP contribution is 2.23. The van der Waals surface area contributed by atoms with Crippen molar-refractivity contribution in [2.75, 3.05) is 0 Å². The molecule has 1 N–H and O–H groups in total. The van der Waals surface area contributed by atoms with Crippen molar-refractivity contribution in [1.29, 1.82) is 5.26 Å². The zero-order valence-corrected chi connectivity index (χ0v) is 14.4. The highest BCUT2D eigenvalue weighted by Gasteiger charge is 2.17. The highest BCUT2D eigenvalue weighted by atomic mass is 16.3. The molecule has 1 aromatic rings. The van der Waals surface area contributed by atoms with Crippen molar-refractivity contribution in [2.24, 2.45) is 11.1 Å². The van der Waals surface area contributed by atoms with Crippen LogP contribution in [0.5, 0.6) is 0 Å². The van der Waals surface area contributed by atoms with Crippen LogP contribution in [0.4, 0.5) is 0 Å². The number of nitrogens with one attached hydrogen (secondary N) is 1. The number of carbonyl (C=O) groups excluding carboxylic acids is 1. The summed E-state index contributed by atoms with van der Waals surface area (Å²) in [7, 11) is 0. The normalized spacial score (nSPS) is 14.0. The lowest BCUT2D eigenvalue weighted by atomic mass is 9.97. The van der Waals surface area contributed by atoms with E-state index in [1.165, 1.54) is 0 Å². The SMILES string of the molecule is C=C[C@@H](C)C(=O)N[C@@H](CC#N)Cc1cccc([C@H](CCC)N=O)c1. The topological polar surface area (TPSA) is 82.3 Å². The summed E-state index contributed by atoms with van der Waals surface area (Å²) in [6.07, 6.45) is 3.93. The number of hydrogen-bond acceptors (Lipinski definition) is 4. The molecule has 128 valence electrons. The van der Waals surface area contributed by atoms with Gasteiger partial charge in [-0.3, -0.25) is 4.79 Å². The number of nitriles is 1. The second-order valence-electron chi connectivity index (χ2n) is 5.95. The fraction of sp³-hybridized carbons (Fsp3) is 0.474. The number of hydrogen-bond donors (Lipinski definition) is 1. The molecule has 0 saturated carbocycles. The van der Waals surface area contributed by atoms with E-state index in [1.807, 2.05) is 31.2 Å². The molecular formula is C19H25N3O2. The van der Waals surface area contributed by atoms with Crippen LogP contribution in [0.1, 0.15) is 50.3 Å². The number of carbonyl (C=O) groups is 1. The number of rotatable bonds is 10. The third-order valence-electron chi connectivity index (χ3n) is 3.96. The lowest BCUT2D eigenvalue weighted by molar-refractivity contribution is -0.123. The van der Waals surface area contributed by atoms with E-state index in [-0.39, 0.29) is 30.3 Å². The molecule has 0 spiro atoms. The standard InChI is InChI=1S/C19H25N3O2/c1-4-7-18(22-24)16-9-6-8-15(12-16)13-17(10-11-20)21-19(23)14(3)5-2/h5-6,8-9,12,14,17-18H,2,4,7,10,13H2,1,3H3,(H,21,23)/t14-,17+,18+/m1/s1. The molecular weight excluding hydrogens is 302 g/mol. The Morgan fingerprint density at radius 1 is 1.50 bits per heavy atom. The molecule has 1 amide bonds. The maximum atomic E-state index is 12.0. The molecule has 0 saturated heterocycles. The van der Waals surface area contributed by atoms with Crippen LogP contribution in [-0.2, 0) is 11.2 Å². The number of benzene rings is 1. The van der Waals surface area contributed by atoms with E-state index >= 15 is 0 Å². The number of nitroso groups, excluding NO2 is 1. The summed E-state index contributed by atoms with van der Waals surface area (Å²) >= 11 is 0. The predicted molar refractivity (Wildman–Crippen MR) is 95.1 cm³/mol. The molecule has 0 aromatic heterocycles. The van der Waals surface area contributed by atoms with Crippen molar-refractivity contribution in [3.05, 3.63) is 53.0 Å². The molecule has 0 heterocycles. The van der Waals surface area contributed by atoms with Gasteiger partial charge in [-0.15, -0.1) is 6.58 Å². The van der Waals surface area contributed by atoms with E-state index in [4.69, 9.17) is 5.26 Å². The Kier molecular flexibility index (Phi) is 8.42. The van der Waals surface area contributed by atoms with Gasteiger partial charge in [0.2, 0.25) is 5.91 Å². The van der Waals surface area contributed by atoms with Gasteiger partial charge in [-0.2, -0.15) is 10.2 Å². The minimum absolute atomic E-state index is 0.139. The molecule has 0 bridgehead atoms. The second kappa shape index (κ2) is 10.3. The van der Waals surface area contributed by atoms with Crippen molar-refractivity contribution in [2.45, 2.75) is 51.6 Å². The lowest BCUT2D eigenvalue weighted by Gasteiger charge is -2.18. The summed E-state index contributed by atoms with van der Waals surface area (Å²) in [4.78, 5) is 23.0. The summed E-state index contributed by atoms with van der Waals surface area (Å²) in [5.41, 5.74) is 1.86. The average molecular weight is 327 g/mol. The molecule has 24 heavy (non-hydrogen) atoms. The summed E-state index contributed by atoms with van der Waals surface area (Å²) in [5, 5.41) is 15.1. The summed E-state index contributed by atoms with van der Waals surface area (Å²) < 4.78 is 0. The summed E-state index contributed by atoms with van der Waals surface area (Å²) in [6, 6.07) is 9.14. The minimum atomic E-state index is -0.347. The van der Waals surface area contributed by atoms with Gasteiger partial charge < -0.3 is 5.32 Å². The maximum Gasteiger partial charge on any atom is 0.226 e. The van der Waals surface area contributed by atoms with Gasteiger partial charge in [-0.1, -0.05) is 55.8 Å². The first-order valence-corrected chi connectivity index (χ1v) is 8.26. The van der Waals surface area contributed by atoms with Gasteiger partial charge in [0, 0.05) is 6.04 Å². The van der Waals surface area contributed by atoms with Gasteiger partial charge in [0.05, 0.1) is 18.4 Å². The molecule has 5 heteroatoms. The largest absolute Gasteiger partial charge is 0.351 e. The Labute approximate surface area is 143 Å². The third-order valence-corrected chi connectivity index (χ3v) is 3.96. The second-order valence-corrected chi connectivity index (χ2v) is 5.95. The average Bonchev–Trinajstić information content (AvgIpc) is 2.59. The summed E-state index contributed by atoms with van der Waals surface area (Å²) in [5.74, 6) is -0.439. The fourth-order valence-electron chi connectivity index (χ4n) is 2.49. The zero-order valence-electron chi connectivity index (χ0n) is 14.4. The van der Waals surface area contributed by atoms with Crippen LogP contribution in [-0.4, -0.2) is 11.9 Å². The van der Waals surface area contributed by atoms with Crippen molar-refractivity contribution < 1.29 is 4.79 Å². The van der Waals surface area contributed by atoms with Crippen molar-refractivity contribution >= 4 is 5.91 Å². The first-order valence-electron chi connectivity index (χ1n) is 8.26. The highest BCUT2D eigenvalue weighted by molar-refractivity contribution is 5.80. The van der Waals surface area contributed by atoms with Crippen LogP contribution in [0.3, 0.4) is 0 Å². The molecule has 0 radical (unpaired) electrons. The molecule has 0 fully saturated rings. The minimum Gasteiger partial charge on any atom is -0.351 e.